The summed E-state index contributed by atoms with van der Waals surface area (Å²) in [5, 5.41) is 3.38. The highest BCUT2D eigenvalue weighted by Gasteiger charge is 2.56. The Morgan fingerprint density at radius 2 is 2.29 bits per heavy atom. The van der Waals surface area contributed by atoms with Crippen molar-refractivity contribution in [2.75, 3.05) is 13.7 Å². The Balaban J connectivity index is 2.05. The van der Waals surface area contributed by atoms with Gasteiger partial charge in [-0.05, 0) is 26.0 Å². The lowest BCUT2D eigenvalue weighted by Gasteiger charge is -2.26. The van der Waals surface area contributed by atoms with Crippen molar-refractivity contribution in [1.29, 1.82) is 0 Å². The van der Waals surface area contributed by atoms with Crippen LogP contribution in [-0.2, 0) is 5.41 Å². The smallest absolute Gasteiger partial charge is 0.123 e. The molecule has 1 fully saturated rings. The zero-order chi connectivity index (χ0) is 9.60. The molecule has 1 aromatic carbocycles. The molecule has 1 heterocycles. The lowest BCUT2D eigenvalue weighted by atomic mass is 9.89. The van der Waals surface area contributed by atoms with Crippen LogP contribution in [-0.4, -0.2) is 19.7 Å². The van der Waals surface area contributed by atoms with Crippen LogP contribution < -0.4 is 10.1 Å². The van der Waals surface area contributed by atoms with Gasteiger partial charge in [0.05, 0.1) is 6.61 Å². The van der Waals surface area contributed by atoms with E-state index in [-0.39, 0.29) is 0 Å². The van der Waals surface area contributed by atoms with Gasteiger partial charge in [-0.3, -0.25) is 0 Å². The highest BCUT2D eigenvalue weighted by molar-refractivity contribution is 5.47. The molecule has 0 aromatic heterocycles. The first kappa shape index (κ1) is 8.30. The van der Waals surface area contributed by atoms with E-state index >= 15 is 0 Å². The van der Waals surface area contributed by atoms with Gasteiger partial charge in [0, 0.05) is 17.0 Å². The van der Waals surface area contributed by atoms with Crippen molar-refractivity contribution < 1.29 is 4.74 Å². The summed E-state index contributed by atoms with van der Waals surface area (Å²) >= 11 is 0. The Morgan fingerprint density at radius 3 is 3.07 bits per heavy atom. The molecule has 74 valence electrons. The van der Waals surface area contributed by atoms with E-state index in [0.29, 0.717) is 11.5 Å². The number of rotatable bonds is 1. The van der Waals surface area contributed by atoms with Crippen LogP contribution in [0.15, 0.2) is 24.3 Å². The molecule has 1 aliphatic heterocycles. The Bertz CT molecular complexity index is 363. The Hall–Kier alpha value is -1.02. The Kier molecular flexibility index (Phi) is 1.62. The highest BCUT2D eigenvalue weighted by atomic mass is 16.5. The largest absolute Gasteiger partial charge is 0.493 e. The maximum absolute atomic E-state index is 5.66. The average molecular weight is 189 g/mol. The van der Waals surface area contributed by atoms with Gasteiger partial charge in [0.1, 0.15) is 5.75 Å². The molecule has 1 N–H and O–H groups in total. The van der Waals surface area contributed by atoms with Crippen LogP contribution in [0.4, 0.5) is 0 Å². The molecule has 14 heavy (non-hydrogen) atoms. The molecule has 1 saturated carbocycles. The van der Waals surface area contributed by atoms with Crippen molar-refractivity contribution in [2.24, 2.45) is 0 Å². The molecule has 1 spiro atoms. The molecular weight excluding hydrogens is 174 g/mol. The van der Waals surface area contributed by atoms with Gasteiger partial charge in [-0.15, -0.1) is 0 Å². The zero-order valence-corrected chi connectivity index (χ0v) is 8.42. The van der Waals surface area contributed by atoms with Crippen LogP contribution in [0.2, 0.25) is 0 Å². The Morgan fingerprint density at radius 1 is 1.43 bits per heavy atom. The summed E-state index contributed by atoms with van der Waals surface area (Å²) in [6.07, 6.45) is 2.43. The van der Waals surface area contributed by atoms with Crippen molar-refractivity contribution in [2.45, 2.75) is 24.3 Å². The number of ether oxygens (including phenoxy) is 1. The minimum Gasteiger partial charge on any atom is -0.493 e. The molecule has 3 rings (SSSR count). The van der Waals surface area contributed by atoms with E-state index in [9.17, 15) is 0 Å². The average Bonchev–Trinajstić information content (AvgIpc) is 2.94. The van der Waals surface area contributed by atoms with Crippen LogP contribution in [0.1, 0.15) is 18.4 Å². The van der Waals surface area contributed by atoms with E-state index in [1.165, 1.54) is 12.0 Å². The van der Waals surface area contributed by atoms with E-state index in [0.717, 1.165) is 18.8 Å². The normalized spacial score (nSPS) is 33.6. The van der Waals surface area contributed by atoms with Gasteiger partial charge < -0.3 is 10.1 Å². The van der Waals surface area contributed by atoms with Crippen LogP contribution >= 0.6 is 0 Å². The van der Waals surface area contributed by atoms with Crippen LogP contribution in [0, 0.1) is 0 Å². The Labute approximate surface area is 84.3 Å². The summed E-state index contributed by atoms with van der Waals surface area (Å²) in [5.74, 6) is 1.09. The van der Waals surface area contributed by atoms with Crippen molar-refractivity contribution in [3.63, 3.8) is 0 Å². The third-order valence-electron chi connectivity index (χ3n) is 3.65. The van der Waals surface area contributed by atoms with Gasteiger partial charge in [0.2, 0.25) is 0 Å². The summed E-state index contributed by atoms with van der Waals surface area (Å²) < 4.78 is 5.66. The second-order valence-electron chi connectivity index (χ2n) is 4.30. The number of hydrogen-bond acceptors (Lipinski definition) is 2. The maximum atomic E-state index is 5.66. The molecule has 0 radical (unpaired) electrons. The van der Waals surface area contributed by atoms with E-state index in [1.54, 1.807) is 0 Å². The number of nitrogens with one attached hydrogen (secondary N) is 1. The standard InChI is InChI=1S/C12H15NO/c1-13-11-8-12(11)6-7-14-10-5-3-2-4-9(10)12/h2-5,11,13H,6-8H2,1H3/t11-,12-/m1/s1. The number of fused-ring (bicyclic) bond motifs is 2. The van der Waals surface area contributed by atoms with Gasteiger partial charge in [-0.25, -0.2) is 0 Å². The van der Waals surface area contributed by atoms with Crippen molar-refractivity contribution in [3.8, 4) is 5.75 Å². The number of para-hydroxylation sites is 1. The fourth-order valence-corrected chi connectivity index (χ4v) is 2.74. The van der Waals surface area contributed by atoms with Crippen molar-refractivity contribution in [1.82, 2.24) is 5.32 Å². The number of likely N-dealkylation sites (N-methyl/N-ethyl adjacent to an activating group) is 1. The first-order valence-electron chi connectivity index (χ1n) is 5.26. The summed E-state index contributed by atoms with van der Waals surface area (Å²) in [6.45, 7) is 0.870. The fraction of sp³-hybridized carbons (Fsp3) is 0.500. The third-order valence-corrected chi connectivity index (χ3v) is 3.65. The SMILES string of the molecule is CN[C@@H]1C[C@@]12CCOc1ccccc12. The van der Waals surface area contributed by atoms with Crippen LogP contribution in [0.5, 0.6) is 5.75 Å². The molecule has 2 nitrogen and oxygen atoms in total. The van der Waals surface area contributed by atoms with Gasteiger partial charge in [0.25, 0.3) is 0 Å². The number of benzene rings is 1. The lowest BCUT2D eigenvalue weighted by molar-refractivity contribution is 0.256. The van der Waals surface area contributed by atoms with E-state index < -0.39 is 0 Å². The molecule has 1 aliphatic carbocycles. The quantitative estimate of drug-likeness (QED) is 0.726. The summed E-state index contributed by atoms with van der Waals surface area (Å²) in [7, 11) is 2.05. The summed E-state index contributed by atoms with van der Waals surface area (Å²) in [4.78, 5) is 0. The van der Waals surface area contributed by atoms with E-state index in [1.807, 2.05) is 0 Å². The van der Waals surface area contributed by atoms with Crippen LogP contribution in [0.3, 0.4) is 0 Å². The minimum absolute atomic E-state index is 0.392. The topological polar surface area (TPSA) is 21.3 Å². The molecule has 2 aliphatic rings. The zero-order valence-electron chi connectivity index (χ0n) is 8.42. The fourth-order valence-electron chi connectivity index (χ4n) is 2.74. The first-order chi connectivity index (χ1) is 6.87. The monoisotopic (exact) mass is 189 g/mol. The molecule has 0 saturated heterocycles. The molecular formula is C12H15NO. The van der Waals surface area contributed by atoms with Crippen molar-refractivity contribution in [3.05, 3.63) is 29.8 Å². The minimum atomic E-state index is 0.392. The molecule has 1 aromatic rings. The second-order valence-corrected chi connectivity index (χ2v) is 4.30. The second kappa shape index (κ2) is 2.74. The molecule has 2 atom stereocenters. The summed E-state index contributed by atoms with van der Waals surface area (Å²) in [5.41, 5.74) is 1.80. The van der Waals surface area contributed by atoms with Crippen molar-refractivity contribution >= 4 is 0 Å². The van der Waals surface area contributed by atoms with Gasteiger partial charge >= 0.3 is 0 Å². The predicted molar refractivity (Wildman–Crippen MR) is 55.7 cm³/mol. The lowest BCUT2D eigenvalue weighted by Crippen LogP contribution is -2.28. The molecule has 2 heteroatoms. The van der Waals surface area contributed by atoms with Crippen LogP contribution in [0.25, 0.3) is 0 Å². The van der Waals surface area contributed by atoms with Gasteiger partial charge in [-0.1, -0.05) is 18.2 Å². The third kappa shape index (κ3) is 0.947. The number of hydrogen-bond donors (Lipinski definition) is 1. The van der Waals surface area contributed by atoms with Gasteiger partial charge in [-0.2, -0.15) is 0 Å². The first-order valence-corrected chi connectivity index (χ1v) is 5.26. The van der Waals surface area contributed by atoms with E-state index in [4.69, 9.17) is 4.74 Å². The predicted octanol–water partition coefficient (Wildman–Crippen LogP) is 1.70. The molecule has 0 bridgehead atoms. The summed E-state index contributed by atoms with van der Waals surface area (Å²) in [6, 6.07) is 9.12. The molecule has 0 unspecified atom stereocenters. The van der Waals surface area contributed by atoms with Gasteiger partial charge in [0.15, 0.2) is 0 Å². The highest BCUT2D eigenvalue weighted by Crippen LogP contribution is 2.55. The van der Waals surface area contributed by atoms with E-state index in [2.05, 4.69) is 36.6 Å². The maximum Gasteiger partial charge on any atom is 0.123 e. The molecule has 0 amide bonds.